The standard InChI is InChI=1S/C20H25N.C18H20/c1-17-12-14-21(16-17)15-13-20(18-8-4-2-5-9-18)19-10-6-3-7-11-19;1-14(2)17-11-7-8-12-18(17)15(3)13-16-9-5-4-6-10-16/h2-11,17,20H,12-16H2,1H3;4-12,15H,1,13H2,2-3H3. The van der Waals surface area contributed by atoms with Crippen molar-refractivity contribution < 1.29 is 0 Å². The SMILES string of the molecule is C=C(C)c1ccccc1C(C)Cc1ccccc1.CC1CCN(CCC(c2ccccc2)c2ccccc2)C1. The lowest BCUT2D eigenvalue weighted by molar-refractivity contribution is 0.317. The summed E-state index contributed by atoms with van der Waals surface area (Å²) in [5.41, 5.74) is 8.11. The van der Waals surface area contributed by atoms with Gasteiger partial charge >= 0.3 is 0 Å². The molecule has 202 valence electrons. The Morgan fingerprint density at radius 2 is 1.33 bits per heavy atom. The van der Waals surface area contributed by atoms with E-state index in [0.29, 0.717) is 11.8 Å². The van der Waals surface area contributed by atoms with Crippen molar-refractivity contribution in [3.05, 3.63) is 150 Å². The number of nitrogens with zero attached hydrogens (tertiary/aromatic N) is 1. The van der Waals surface area contributed by atoms with Gasteiger partial charge in [0.1, 0.15) is 0 Å². The summed E-state index contributed by atoms with van der Waals surface area (Å²) in [5.74, 6) is 1.90. The smallest absolute Gasteiger partial charge is 0.0101 e. The number of rotatable bonds is 9. The number of allylic oxidation sites excluding steroid dienone is 1. The minimum Gasteiger partial charge on any atom is -0.303 e. The largest absolute Gasteiger partial charge is 0.303 e. The van der Waals surface area contributed by atoms with Gasteiger partial charge in [-0.2, -0.15) is 0 Å². The van der Waals surface area contributed by atoms with Crippen LogP contribution in [0.1, 0.15) is 73.3 Å². The first-order valence-corrected chi connectivity index (χ1v) is 14.6. The normalized spacial score (nSPS) is 15.9. The zero-order chi connectivity index (χ0) is 27.5. The van der Waals surface area contributed by atoms with Crippen molar-refractivity contribution >= 4 is 5.57 Å². The number of hydrogen-bond donors (Lipinski definition) is 0. The van der Waals surface area contributed by atoms with Crippen molar-refractivity contribution in [1.82, 2.24) is 4.90 Å². The molecule has 0 aliphatic carbocycles. The Hall–Kier alpha value is -3.42. The van der Waals surface area contributed by atoms with E-state index in [0.717, 1.165) is 17.9 Å². The van der Waals surface area contributed by atoms with Crippen LogP contribution in [0.15, 0.2) is 122 Å². The van der Waals surface area contributed by atoms with Gasteiger partial charge in [0.25, 0.3) is 0 Å². The third kappa shape index (κ3) is 8.53. The molecule has 4 aromatic carbocycles. The summed E-state index contributed by atoms with van der Waals surface area (Å²) in [6.07, 6.45) is 3.65. The monoisotopic (exact) mass is 515 g/mol. The average Bonchev–Trinajstić information content (AvgIpc) is 3.40. The molecule has 0 spiro atoms. The van der Waals surface area contributed by atoms with E-state index < -0.39 is 0 Å². The topological polar surface area (TPSA) is 3.24 Å². The fourth-order valence-corrected chi connectivity index (χ4v) is 5.83. The molecule has 1 aliphatic rings. The maximum atomic E-state index is 4.08. The van der Waals surface area contributed by atoms with Crippen molar-refractivity contribution in [3.63, 3.8) is 0 Å². The molecule has 0 amide bonds. The molecule has 5 rings (SSSR count). The highest BCUT2D eigenvalue weighted by Crippen LogP contribution is 2.29. The summed E-state index contributed by atoms with van der Waals surface area (Å²) >= 11 is 0. The van der Waals surface area contributed by atoms with E-state index in [1.807, 2.05) is 0 Å². The van der Waals surface area contributed by atoms with Crippen molar-refractivity contribution in [2.75, 3.05) is 19.6 Å². The summed E-state index contributed by atoms with van der Waals surface area (Å²) in [4.78, 5) is 2.63. The quantitative estimate of drug-likeness (QED) is 0.214. The Morgan fingerprint density at radius 1 is 0.795 bits per heavy atom. The maximum absolute atomic E-state index is 4.08. The van der Waals surface area contributed by atoms with E-state index in [1.54, 1.807) is 0 Å². The molecule has 39 heavy (non-hydrogen) atoms. The van der Waals surface area contributed by atoms with Gasteiger partial charge in [-0.1, -0.05) is 141 Å². The van der Waals surface area contributed by atoms with E-state index in [4.69, 9.17) is 0 Å². The van der Waals surface area contributed by atoms with Crippen LogP contribution < -0.4 is 0 Å². The zero-order valence-corrected chi connectivity index (χ0v) is 24.1. The van der Waals surface area contributed by atoms with Crippen LogP contribution in [0.4, 0.5) is 0 Å². The van der Waals surface area contributed by atoms with Gasteiger partial charge in [0.15, 0.2) is 0 Å². The first-order chi connectivity index (χ1) is 19.0. The molecule has 0 radical (unpaired) electrons. The van der Waals surface area contributed by atoms with Crippen molar-refractivity contribution in [1.29, 1.82) is 0 Å². The van der Waals surface area contributed by atoms with Gasteiger partial charge in [0.05, 0.1) is 0 Å². The predicted molar refractivity (Wildman–Crippen MR) is 169 cm³/mol. The summed E-state index contributed by atoms with van der Waals surface area (Å²) in [5, 5.41) is 0. The molecule has 1 fully saturated rings. The molecule has 1 nitrogen and oxygen atoms in total. The number of benzene rings is 4. The van der Waals surface area contributed by atoms with E-state index >= 15 is 0 Å². The molecule has 1 aliphatic heterocycles. The molecule has 2 atom stereocenters. The predicted octanol–water partition coefficient (Wildman–Crippen LogP) is 9.62. The molecule has 1 heteroatoms. The second-order valence-corrected chi connectivity index (χ2v) is 11.3. The van der Waals surface area contributed by atoms with Gasteiger partial charge in [-0.25, -0.2) is 0 Å². The molecule has 1 saturated heterocycles. The lowest BCUT2D eigenvalue weighted by Crippen LogP contribution is -2.23. The Bertz CT molecular complexity index is 1220. The second-order valence-electron chi connectivity index (χ2n) is 11.3. The molecule has 2 unspecified atom stereocenters. The summed E-state index contributed by atoms with van der Waals surface area (Å²) in [6.45, 7) is 14.6. The summed E-state index contributed by atoms with van der Waals surface area (Å²) in [6, 6.07) is 41.2. The molecular weight excluding hydrogens is 470 g/mol. The Labute approximate surface area is 237 Å². The Kier molecular flexibility index (Phi) is 10.7. The van der Waals surface area contributed by atoms with Crippen LogP contribution >= 0.6 is 0 Å². The van der Waals surface area contributed by atoms with Crippen LogP contribution in [-0.2, 0) is 6.42 Å². The first-order valence-electron chi connectivity index (χ1n) is 14.6. The van der Waals surface area contributed by atoms with Crippen molar-refractivity contribution in [2.24, 2.45) is 5.92 Å². The maximum Gasteiger partial charge on any atom is 0.0101 e. The number of likely N-dealkylation sites (tertiary alicyclic amines) is 1. The highest BCUT2D eigenvalue weighted by Gasteiger charge is 2.21. The van der Waals surface area contributed by atoms with Gasteiger partial charge in [-0.3, -0.25) is 0 Å². The van der Waals surface area contributed by atoms with Gasteiger partial charge < -0.3 is 4.90 Å². The van der Waals surface area contributed by atoms with Crippen LogP contribution in [-0.4, -0.2) is 24.5 Å². The highest BCUT2D eigenvalue weighted by molar-refractivity contribution is 5.65. The third-order valence-corrected chi connectivity index (χ3v) is 7.98. The van der Waals surface area contributed by atoms with E-state index in [-0.39, 0.29) is 0 Å². The minimum absolute atomic E-state index is 0.514. The van der Waals surface area contributed by atoms with Crippen molar-refractivity contribution in [3.8, 4) is 0 Å². The molecule has 1 heterocycles. The lowest BCUT2D eigenvalue weighted by Gasteiger charge is -2.22. The molecule has 4 aromatic rings. The highest BCUT2D eigenvalue weighted by atomic mass is 15.1. The van der Waals surface area contributed by atoms with Crippen LogP contribution in [0.5, 0.6) is 0 Å². The van der Waals surface area contributed by atoms with Gasteiger partial charge in [-0.15, -0.1) is 0 Å². The fraction of sp³-hybridized carbons (Fsp3) is 0.316. The fourth-order valence-electron chi connectivity index (χ4n) is 5.83. The molecule has 0 aromatic heterocycles. The average molecular weight is 516 g/mol. The molecule has 0 saturated carbocycles. The van der Waals surface area contributed by atoms with Crippen LogP contribution in [0.2, 0.25) is 0 Å². The van der Waals surface area contributed by atoms with E-state index in [1.165, 1.54) is 60.3 Å². The summed E-state index contributed by atoms with van der Waals surface area (Å²) < 4.78 is 0. The van der Waals surface area contributed by atoms with Crippen LogP contribution in [0, 0.1) is 5.92 Å². The minimum atomic E-state index is 0.514. The van der Waals surface area contributed by atoms with Gasteiger partial charge in [0.2, 0.25) is 0 Å². The molecule has 0 bridgehead atoms. The van der Waals surface area contributed by atoms with Gasteiger partial charge in [0, 0.05) is 12.5 Å². The molecule has 0 N–H and O–H groups in total. The van der Waals surface area contributed by atoms with Crippen LogP contribution in [0.25, 0.3) is 5.57 Å². The van der Waals surface area contributed by atoms with Crippen molar-refractivity contribution in [2.45, 2.75) is 51.9 Å². The first kappa shape index (κ1) is 28.6. The summed E-state index contributed by atoms with van der Waals surface area (Å²) in [7, 11) is 0. The second kappa shape index (κ2) is 14.7. The van der Waals surface area contributed by atoms with Gasteiger partial charge in [-0.05, 0) is 78.9 Å². The molecular formula is C38H45N. The van der Waals surface area contributed by atoms with E-state index in [9.17, 15) is 0 Å². The van der Waals surface area contributed by atoms with E-state index in [2.05, 4.69) is 148 Å². The number of hydrogen-bond acceptors (Lipinski definition) is 1. The zero-order valence-electron chi connectivity index (χ0n) is 24.1. The van der Waals surface area contributed by atoms with Crippen LogP contribution in [0.3, 0.4) is 0 Å². The third-order valence-electron chi connectivity index (χ3n) is 7.98. The Morgan fingerprint density at radius 3 is 1.87 bits per heavy atom. The lowest BCUT2D eigenvalue weighted by atomic mass is 9.88. The Balaban J connectivity index is 0.000000183.